The summed E-state index contributed by atoms with van der Waals surface area (Å²) < 4.78 is 26.8. The van der Waals surface area contributed by atoms with Crippen LogP contribution in [0.5, 0.6) is 0 Å². The van der Waals surface area contributed by atoms with Gasteiger partial charge in [0.05, 0.1) is 5.69 Å². The van der Waals surface area contributed by atoms with E-state index in [1.807, 2.05) is 14.1 Å². The summed E-state index contributed by atoms with van der Waals surface area (Å²) in [6, 6.07) is 5.03. The Hall–Kier alpha value is -1.31. The number of nitrogens with two attached hydrogens (primary N) is 1. The minimum absolute atomic E-state index is 0.234. The molecule has 0 saturated carbocycles. The lowest BCUT2D eigenvalue weighted by atomic mass is 10.2. The Labute approximate surface area is 128 Å². The van der Waals surface area contributed by atoms with Gasteiger partial charge in [0, 0.05) is 25.3 Å². The summed E-state index contributed by atoms with van der Waals surface area (Å²) in [5, 5.41) is 0. The van der Waals surface area contributed by atoms with Gasteiger partial charge in [-0.2, -0.15) is 0 Å². The van der Waals surface area contributed by atoms with Crippen LogP contribution in [0, 0.1) is 0 Å². The smallest absolute Gasteiger partial charge is 0.242 e. The molecule has 0 amide bonds. The van der Waals surface area contributed by atoms with Crippen molar-refractivity contribution in [2.75, 3.05) is 51.4 Å². The van der Waals surface area contributed by atoms with Gasteiger partial charge in [0.2, 0.25) is 10.0 Å². The number of nitrogen functional groups attached to an aromatic ring is 1. The van der Waals surface area contributed by atoms with Gasteiger partial charge in [-0.3, -0.25) is 0 Å². The molecule has 6 nitrogen and oxygen atoms in total. The lowest BCUT2D eigenvalue weighted by Crippen LogP contribution is -2.34. The van der Waals surface area contributed by atoms with Gasteiger partial charge in [0.15, 0.2) is 0 Å². The van der Waals surface area contributed by atoms with E-state index in [1.165, 1.54) is 13.1 Å². The molecule has 0 aliphatic carbocycles. The summed E-state index contributed by atoms with van der Waals surface area (Å²) in [6.45, 7) is 4.48. The Kier molecular flexibility index (Phi) is 6.44. The van der Waals surface area contributed by atoms with Gasteiger partial charge < -0.3 is 15.5 Å². The van der Waals surface area contributed by atoms with E-state index in [4.69, 9.17) is 5.73 Å². The molecule has 21 heavy (non-hydrogen) atoms. The van der Waals surface area contributed by atoms with Crippen molar-refractivity contribution in [2.45, 2.75) is 18.2 Å². The van der Waals surface area contributed by atoms with E-state index in [0.717, 1.165) is 26.1 Å². The van der Waals surface area contributed by atoms with Crippen molar-refractivity contribution in [3.63, 3.8) is 0 Å². The van der Waals surface area contributed by atoms with E-state index in [0.29, 0.717) is 11.4 Å². The third-order valence-corrected chi connectivity index (χ3v) is 4.64. The number of sulfonamides is 1. The van der Waals surface area contributed by atoms with Gasteiger partial charge in [-0.25, -0.2) is 13.1 Å². The highest BCUT2D eigenvalue weighted by Crippen LogP contribution is 2.27. The lowest BCUT2D eigenvalue weighted by Gasteiger charge is -2.28. The van der Waals surface area contributed by atoms with Crippen LogP contribution in [0.15, 0.2) is 23.1 Å². The fraction of sp³-hybridized carbons (Fsp3) is 0.571. The van der Waals surface area contributed by atoms with Crippen LogP contribution in [0.1, 0.15) is 13.3 Å². The number of hydrogen-bond donors (Lipinski definition) is 2. The van der Waals surface area contributed by atoms with Crippen LogP contribution in [0.25, 0.3) is 0 Å². The Bertz CT molecular complexity index is 558. The first-order valence-corrected chi connectivity index (χ1v) is 8.53. The van der Waals surface area contributed by atoms with Gasteiger partial charge in [0.1, 0.15) is 4.90 Å². The summed E-state index contributed by atoms with van der Waals surface area (Å²) in [5.41, 5.74) is 6.89. The number of hydrogen-bond acceptors (Lipinski definition) is 5. The Morgan fingerprint density at radius 2 is 1.86 bits per heavy atom. The molecular weight excluding hydrogens is 288 g/mol. The molecule has 0 spiro atoms. The Balaban J connectivity index is 3.24. The predicted octanol–water partition coefficient (Wildman–Crippen LogP) is 0.955. The Morgan fingerprint density at radius 3 is 2.38 bits per heavy atom. The second-order valence-electron chi connectivity index (χ2n) is 5.23. The fourth-order valence-electron chi connectivity index (χ4n) is 2.06. The van der Waals surface area contributed by atoms with E-state index in [-0.39, 0.29) is 4.90 Å². The number of nitrogens with zero attached hydrogens (tertiary/aromatic N) is 2. The molecule has 0 radical (unpaired) electrons. The van der Waals surface area contributed by atoms with Crippen LogP contribution in [0.3, 0.4) is 0 Å². The maximum absolute atomic E-state index is 12.2. The molecule has 7 heteroatoms. The second kappa shape index (κ2) is 7.63. The first-order chi connectivity index (χ1) is 9.81. The van der Waals surface area contributed by atoms with E-state index < -0.39 is 10.0 Å². The zero-order valence-corrected chi connectivity index (χ0v) is 14.1. The maximum Gasteiger partial charge on any atom is 0.242 e. The normalized spacial score (nSPS) is 11.9. The highest BCUT2D eigenvalue weighted by Gasteiger charge is 2.20. The van der Waals surface area contributed by atoms with E-state index in [2.05, 4.69) is 21.4 Å². The molecule has 0 aliphatic heterocycles. The largest absolute Gasteiger partial charge is 0.399 e. The molecular formula is C14H26N4O2S. The van der Waals surface area contributed by atoms with Crippen LogP contribution < -0.4 is 15.4 Å². The first kappa shape index (κ1) is 17.7. The van der Waals surface area contributed by atoms with Crippen molar-refractivity contribution in [2.24, 2.45) is 0 Å². The van der Waals surface area contributed by atoms with E-state index in [9.17, 15) is 8.42 Å². The van der Waals surface area contributed by atoms with Crippen molar-refractivity contribution in [1.29, 1.82) is 0 Å². The quantitative estimate of drug-likeness (QED) is 0.699. The monoisotopic (exact) mass is 314 g/mol. The van der Waals surface area contributed by atoms with Crippen molar-refractivity contribution in [3.05, 3.63) is 18.2 Å². The third-order valence-electron chi connectivity index (χ3n) is 3.19. The van der Waals surface area contributed by atoms with Crippen molar-refractivity contribution in [1.82, 2.24) is 9.62 Å². The highest BCUT2D eigenvalue weighted by atomic mass is 32.2. The molecule has 120 valence electrons. The van der Waals surface area contributed by atoms with Crippen molar-refractivity contribution < 1.29 is 8.42 Å². The van der Waals surface area contributed by atoms with Gasteiger partial charge in [-0.1, -0.05) is 6.92 Å². The van der Waals surface area contributed by atoms with Gasteiger partial charge in [0.25, 0.3) is 0 Å². The van der Waals surface area contributed by atoms with Gasteiger partial charge in [-0.05, 0) is 45.8 Å². The second-order valence-corrected chi connectivity index (χ2v) is 7.08. The maximum atomic E-state index is 12.2. The van der Waals surface area contributed by atoms with Crippen LogP contribution in [0.2, 0.25) is 0 Å². The first-order valence-electron chi connectivity index (χ1n) is 7.04. The Morgan fingerprint density at radius 1 is 1.19 bits per heavy atom. The van der Waals surface area contributed by atoms with Crippen LogP contribution >= 0.6 is 0 Å². The minimum Gasteiger partial charge on any atom is -0.399 e. The number of nitrogens with one attached hydrogen (secondary N) is 1. The standard InChI is InChI=1S/C14H26N4O2S/c1-5-8-18(10-9-17(3)4)13-7-6-12(15)11-14(13)21(19,20)16-2/h6-7,11,16H,5,8-10,15H2,1-4H3. The summed E-state index contributed by atoms with van der Waals surface area (Å²) in [6.07, 6.45) is 0.941. The summed E-state index contributed by atoms with van der Waals surface area (Å²) in [4.78, 5) is 4.40. The van der Waals surface area contributed by atoms with E-state index in [1.54, 1.807) is 12.1 Å². The molecule has 0 atom stereocenters. The van der Waals surface area contributed by atoms with Crippen molar-refractivity contribution in [3.8, 4) is 0 Å². The third kappa shape index (κ3) is 4.87. The van der Waals surface area contributed by atoms with Gasteiger partial charge in [-0.15, -0.1) is 0 Å². The average molecular weight is 314 g/mol. The average Bonchev–Trinajstić information content (AvgIpc) is 2.43. The predicted molar refractivity (Wildman–Crippen MR) is 88.2 cm³/mol. The molecule has 1 rings (SSSR count). The van der Waals surface area contributed by atoms with E-state index >= 15 is 0 Å². The zero-order valence-electron chi connectivity index (χ0n) is 13.3. The molecule has 0 aliphatic rings. The SMILES string of the molecule is CCCN(CCN(C)C)c1ccc(N)cc1S(=O)(=O)NC. The summed E-state index contributed by atoms with van der Waals surface area (Å²) in [7, 11) is 1.87. The number of rotatable bonds is 8. The summed E-state index contributed by atoms with van der Waals surface area (Å²) in [5.74, 6) is 0. The van der Waals surface area contributed by atoms with Gasteiger partial charge >= 0.3 is 0 Å². The molecule has 0 heterocycles. The van der Waals surface area contributed by atoms with Crippen LogP contribution in [-0.4, -0.2) is 54.1 Å². The van der Waals surface area contributed by atoms with Crippen molar-refractivity contribution >= 4 is 21.4 Å². The topological polar surface area (TPSA) is 78.7 Å². The molecule has 1 aromatic rings. The van der Waals surface area contributed by atoms with Crippen LogP contribution in [-0.2, 0) is 10.0 Å². The molecule has 0 unspecified atom stereocenters. The zero-order chi connectivity index (χ0) is 16.0. The summed E-state index contributed by atoms with van der Waals surface area (Å²) >= 11 is 0. The molecule has 0 saturated heterocycles. The molecule has 1 aromatic carbocycles. The fourth-order valence-corrected chi connectivity index (χ4v) is 3.04. The number of anilines is 2. The molecule has 3 N–H and O–H groups in total. The molecule has 0 bridgehead atoms. The molecule has 0 fully saturated rings. The number of likely N-dealkylation sites (N-methyl/N-ethyl adjacent to an activating group) is 1. The lowest BCUT2D eigenvalue weighted by molar-refractivity contribution is 0.412. The highest BCUT2D eigenvalue weighted by molar-refractivity contribution is 7.89. The minimum atomic E-state index is -3.54. The number of benzene rings is 1. The van der Waals surface area contributed by atoms with Crippen LogP contribution in [0.4, 0.5) is 11.4 Å². The molecule has 0 aromatic heterocycles.